The smallest absolute Gasteiger partial charge is 0.255 e. The minimum absolute atomic E-state index is 0.0151. The van der Waals surface area contributed by atoms with Gasteiger partial charge in [-0.25, -0.2) is 0 Å². The summed E-state index contributed by atoms with van der Waals surface area (Å²) in [5.41, 5.74) is 2.68. The molecule has 6 nitrogen and oxygen atoms in total. The summed E-state index contributed by atoms with van der Waals surface area (Å²) in [4.78, 5) is 16.6. The van der Waals surface area contributed by atoms with E-state index in [1.807, 2.05) is 26.0 Å². The number of amides is 1. The van der Waals surface area contributed by atoms with E-state index in [1.54, 1.807) is 48.8 Å². The first-order chi connectivity index (χ1) is 13.6. The third-order valence-corrected chi connectivity index (χ3v) is 4.05. The first-order valence-corrected chi connectivity index (χ1v) is 8.96. The number of benzene rings is 2. The number of nitrogens with zero attached hydrogens (tertiary/aromatic N) is 1. The maximum Gasteiger partial charge on any atom is 0.255 e. The normalized spacial score (nSPS) is 10.4. The van der Waals surface area contributed by atoms with E-state index in [9.17, 15) is 9.90 Å². The monoisotopic (exact) mass is 378 g/mol. The van der Waals surface area contributed by atoms with Crippen LogP contribution in [0.4, 0.5) is 5.69 Å². The number of hydrogen-bond acceptors (Lipinski definition) is 5. The lowest BCUT2D eigenvalue weighted by Crippen LogP contribution is -2.12. The fourth-order valence-corrected chi connectivity index (χ4v) is 2.62. The molecule has 3 aromatic rings. The van der Waals surface area contributed by atoms with Gasteiger partial charge in [0.25, 0.3) is 5.91 Å². The van der Waals surface area contributed by atoms with Gasteiger partial charge >= 0.3 is 0 Å². The maximum absolute atomic E-state index is 12.6. The summed E-state index contributed by atoms with van der Waals surface area (Å²) in [6, 6.07) is 13.8. The molecule has 0 atom stereocenters. The van der Waals surface area contributed by atoms with Crippen LogP contribution < -0.4 is 14.8 Å². The number of ether oxygens (including phenoxy) is 2. The summed E-state index contributed by atoms with van der Waals surface area (Å²) in [7, 11) is 0. The number of hydrogen-bond donors (Lipinski definition) is 2. The highest BCUT2D eigenvalue weighted by Crippen LogP contribution is 2.30. The summed E-state index contributed by atoms with van der Waals surface area (Å²) in [6.45, 7) is 4.56. The molecule has 0 aliphatic carbocycles. The standard InChI is InChI=1S/C22H22N2O4/c1-3-27-21-13-17(22(26)24-18-12-15(2)4-6-19(18)25)5-7-20(21)28-14-16-8-10-23-11-9-16/h4-13,25H,3,14H2,1-2H3,(H,24,26). The van der Waals surface area contributed by atoms with E-state index >= 15 is 0 Å². The SMILES string of the molecule is CCOc1cc(C(=O)Nc2cc(C)ccc2O)ccc1OCc1ccncc1. The lowest BCUT2D eigenvalue weighted by atomic mass is 10.1. The molecule has 1 heterocycles. The number of aryl methyl sites for hydroxylation is 1. The summed E-state index contributed by atoms with van der Waals surface area (Å²) >= 11 is 0. The Kier molecular flexibility index (Phi) is 6.11. The molecular formula is C22H22N2O4. The molecule has 3 rings (SSSR count). The number of carbonyl (C=O) groups excluding carboxylic acids is 1. The third kappa shape index (κ3) is 4.79. The molecule has 0 aliphatic heterocycles. The zero-order chi connectivity index (χ0) is 19.9. The van der Waals surface area contributed by atoms with Crippen LogP contribution in [0.3, 0.4) is 0 Å². The number of rotatable bonds is 7. The minimum Gasteiger partial charge on any atom is -0.506 e. The van der Waals surface area contributed by atoms with Crippen molar-refractivity contribution in [2.24, 2.45) is 0 Å². The van der Waals surface area contributed by atoms with Crippen molar-refractivity contribution in [1.29, 1.82) is 0 Å². The second-order valence-corrected chi connectivity index (χ2v) is 6.21. The fourth-order valence-electron chi connectivity index (χ4n) is 2.62. The van der Waals surface area contributed by atoms with E-state index in [-0.39, 0.29) is 11.7 Å². The lowest BCUT2D eigenvalue weighted by Gasteiger charge is -2.14. The molecule has 0 bridgehead atoms. The van der Waals surface area contributed by atoms with Gasteiger partial charge in [-0.1, -0.05) is 6.07 Å². The molecular weight excluding hydrogens is 356 g/mol. The largest absolute Gasteiger partial charge is 0.506 e. The Hall–Kier alpha value is -3.54. The molecule has 0 saturated heterocycles. The first kappa shape index (κ1) is 19.2. The van der Waals surface area contributed by atoms with Gasteiger partial charge < -0.3 is 19.9 Å². The lowest BCUT2D eigenvalue weighted by molar-refractivity contribution is 0.102. The van der Waals surface area contributed by atoms with Gasteiger partial charge in [-0.3, -0.25) is 9.78 Å². The molecule has 144 valence electrons. The van der Waals surface area contributed by atoms with Crippen LogP contribution in [-0.4, -0.2) is 22.6 Å². The predicted molar refractivity (Wildman–Crippen MR) is 107 cm³/mol. The van der Waals surface area contributed by atoms with Gasteiger partial charge in [-0.2, -0.15) is 0 Å². The molecule has 6 heteroatoms. The Morgan fingerprint density at radius 3 is 2.57 bits per heavy atom. The van der Waals surface area contributed by atoms with Gasteiger partial charge in [-0.15, -0.1) is 0 Å². The van der Waals surface area contributed by atoms with Crippen molar-refractivity contribution in [3.05, 3.63) is 77.6 Å². The molecule has 0 spiro atoms. The zero-order valence-electron chi connectivity index (χ0n) is 15.8. The molecule has 0 aliphatic rings. The van der Waals surface area contributed by atoms with E-state index in [1.165, 1.54) is 0 Å². The molecule has 1 amide bonds. The highest BCUT2D eigenvalue weighted by Gasteiger charge is 2.14. The van der Waals surface area contributed by atoms with Crippen molar-refractivity contribution in [1.82, 2.24) is 4.98 Å². The molecule has 0 fully saturated rings. The van der Waals surface area contributed by atoms with Crippen LogP contribution in [0.5, 0.6) is 17.2 Å². The average Bonchev–Trinajstić information content (AvgIpc) is 2.70. The fraction of sp³-hybridized carbons (Fsp3) is 0.182. The van der Waals surface area contributed by atoms with E-state index < -0.39 is 0 Å². The Bertz CT molecular complexity index is 958. The molecule has 28 heavy (non-hydrogen) atoms. The quantitative estimate of drug-likeness (QED) is 0.598. The van der Waals surface area contributed by atoms with E-state index in [0.717, 1.165) is 11.1 Å². The van der Waals surface area contributed by atoms with Crippen LogP contribution in [0.1, 0.15) is 28.4 Å². The Morgan fingerprint density at radius 2 is 1.82 bits per heavy atom. The van der Waals surface area contributed by atoms with Crippen LogP contribution in [-0.2, 0) is 6.61 Å². The van der Waals surface area contributed by atoms with Crippen molar-refractivity contribution >= 4 is 11.6 Å². The van der Waals surface area contributed by atoms with Gasteiger partial charge in [0.05, 0.1) is 12.3 Å². The number of anilines is 1. The molecule has 2 N–H and O–H groups in total. The number of aromatic hydroxyl groups is 1. The van der Waals surface area contributed by atoms with Crippen molar-refractivity contribution in [3.8, 4) is 17.2 Å². The summed E-state index contributed by atoms with van der Waals surface area (Å²) in [6.07, 6.45) is 3.41. The minimum atomic E-state index is -0.345. The number of aromatic nitrogens is 1. The second-order valence-electron chi connectivity index (χ2n) is 6.21. The Labute approximate surface area is 163 Å². The highest BCUT2D eigenvalue weighted by molar-refractivity contribution is 6.05. The van der Waals surface area contributed by atoms with E-state index in [4.69, 9.17) is 9.47 Å². The molecule has 1 aromatic heterocycles. The zero-order valence-corrected chi connectivity index (χ0v) is 15.8. The summed E-state index contributed by atoms with van der Waals surface area (Å²) in [5.74, 6) is 0.704. The number of pyridine rings is 1. The van der Waals surface area contributed by atoms with Crippen LogP contribution in [0.15, 0.2) is 60.9 Å². The van der Waals surface area contributed by atoms with Gasteiger partial charge in [0.2, 0.25) is 0 Å². The Balaban J connectivity index is 1.77. The predicted octanol–water partition coefficient (Wildman–Crippen LogP) is 4.33. The topological polar surface area (TPSA) is 80.7 Å². The number of phenols is 1. The van der Waals surface area contributed by atoms with Crippen molar-refractivity contribution < 1.29 is 19.4 Å². The molecule has 0 radical (unpaired) electrons. The van der Waals surface area contributed by atoms with Gasteiger partial charge in [-0.05, 0) is 67.4 Å². The molecule has 2 aromatic carbocycles. The summed E-state index contributed by atoms with van der Waals surface area (Å²) in [5, 5.41) is 12.6. The summed E-state index contributed by atoms with van der Waals surface area (Å²) < 4.78 is 11.5. The van der Waals surface area contributed by atoms with Crippen molar-refractivity contribution in [2.75, 3.05) is 11.9 Å². The van der Waals surface area contributed by atoms with E-state index in [0.29, 0.717) is 36.0 Å². The third-order valence-electron chi connectivity index (χ3n) is 4.05. The van der Waals surface area contributed by atoms with Gasteiger partial charge in [0.15, 0.2) is 11.5 Å². The maximum atomic E-state index is 12.6. The number of carbonyl (C=O) groups is 1. The van der Waals surface area contributed by atoms with Crippen LogP contribution in [0.2, 0.25) is 0 Å². The van der Waals surface area contributed by atoms with Crippen LogP contribution >= 0.6 is 0 Å². The van der Waals surface area contributed by atoms with Crippen molar-refractivity contribution in [3.63, 3.8) is 0 Å². The van der Waals surface area contributed by atoms with Gasteiger partial charge in [0, 0.05) is 18.0 Å². The number of nitrogens with one attached hydrogen (secondary N) is 1. The second kappa shape index (κ2) is 8.90. The molecule has 0 saturated carbocycles. The number of phenolic OH excluding ortho intramolecular Hbond substituents is 1. The van der Waals surface area contributed by atoms with Crippen LogP contribution in [0.25, 0.3) is 0 Å². The van der Waals surface area contributed by atoms with E-state index in [2.05, 4.69) is 10.3 Å². The highest BCUT2D eigenvalue weighted by atomic mass is 16.5. The van der Waals surface area contributed by atoms with Crippen molar-refractivity contribution in [2.45, 2.75) is 20.5 Å². The van der Waals surface area contributed by atoms with Crippen LogP contribution in [0, 0.1) is 6.92 Å². The average molecular weight is 378 g/mol. The van der Waals surface area contributed by atoms with Gasteiger partial charge in [0.1, 0.15) is 12.4 Å². The first-order valence-electron chi connectivity index (χ1n) is 8.96. The Morgan fingerprint density at radius 1 is 1.04 bits per heavy atom. The molecule has 0 unspecified atom stereocenters.